The zero-order valence-electron chi connectivity index (χ0n) is 10.3. The minimum Gasteiger partial charge on any atom is -0.207 e. The molecule has 0 aliphatic heterocycles. The first-order chi connectivity index (χ1) is 9.41. The number of benzene rings is 1. The smallest absolute Gasteiger partial charge is 0.207 e. The molecule has 1 saturated carbocycles. The second-order valence-electron chi connectivity index (χ2n) is 4.75. The average Bonchev–Trinajstić information content (AvgIpc) is 3.01. The number of hydrogen-bond acceptors (Lipinski definition) is 3. The number of hydrogen-bond donors (Lipinski definition) is 1. The summed E-state index contributed by atoms with van der Waals surface area (Å²) in [5.41, 5.74) is 0.174. The quantitative estimate of drug-likeness (QED) is 0.932. The van der Waals surface area contributed by atoms with Gasteiger partial charge in [0.25, 0.3) is 10.0 Å². The van der Waals surface area contributed by atoms with E-state index in [4.69, 9.17) is 11.6 Å². The fourth-order valence-electron chi connectivity index (χ4n) is 2.09. The molecule has 1 aliphatic carbocycles. The first-order valence-corrected chi connectivity index (χ1v) is 8.64. The molecule has 1 aliphatic rings. The SMILES string of the molecule is O=S(=O)(NC1(c2ccc(F)cc2)CC1)c1ccc(Cl)s1. The van der Waals surface area contributed by atoms with E-state index in [0.29, 0.717) is 17.2 Å². The predicted octanol–water partition coefficient (Wildman–Crippen LogP) is 3.51. The third-order valence-corrected chi connectivity index (χ3v) is 6.55. The van der Waals surface area contributed by atoms with Gasteiger partial charge in [-0.25, -0.2) is 12.8 Å². The maximum atomic E-state index is 12.9. The van der Waals surface area contributed by atoms with Crippen LogP contribution in [0.2, 0.25) is 4.34 Å². The van der Waals surface area contributed by atoms with Gasteiger partial charge in [0.05, 0.1) is 9.88 Å². The van der Waals surface area contributed by atoms with E-state index in [2.05, 4.69) is 4.72 Å². The molecule has 0 saturated heterocycles. The topological polar surface area (TPSA) is 46.2 Å². The lowest BCUT2D eigenvalue weighted by Gasteiger charge is -2.17. The van der Waals surface area contributed by atoms with Crippen molar-refractivity contribution in [3.05, 3.63) is 52.1 Å². The highest BCUT2D eigenvalue weighted by atomic mass is 35.5. The maximum absolute atomic E-state index is 12.9. The van der Waals surface area contributed by atoms with Crippen LogP contribution < -0.4 is 4.72 Å². The Balaban J connectivity index is 1.89. The van der Waals surface area contributed by atoms with Crippen LogP contribution in [0.25, 0.3) is 0 Å². The summed E-state index contributed by atoms with van der Waals surface area (Å²) in [6.45, 7) is 0. The van der Waals surface area contributed by atoms with Crippen molar-refractivity contribution in [3.63, 3.8) is 0 Å². The molecule has 0 atom stereocenters. The van der Waals surface area contributed by atoms with Gasteiger partial charge in [0.15, 0.2) is 0 Å². The maximum Gasteiger partial charge on any atom is 0.250 e. The Kier molecular flexibility index (Phi) is 3.36. The fraction of sp³-hybridized carbons (Fsp3) is 0.231. The van der Waals surface area contributed by atoms with Gasteiger partial charge in [-0.3, -0.25) is 0 Å². The van der Waals surface area contributed by atoms with Crippen molar-refractivity contribution in [2.24, 2.45) is 0 Å². The average molecular weight is 332 g/mol. The van der Waals surface area contributed by atoms with Crippen molar-refractivity contribution in [3.8, 4) is 0 Å². The summed E-state index contributed by atoms with van der Waals surface area (Å²) in [7, 11) is -3.60. The monoisotopic (exact) mass is 331 g/mol. The molecular weight excluding hydrogens is 321 g/mol. The molecule has 1 aromatic heterocycles. The first-order valence-electron chi connectivity index (χ1n) is 5.97. The summed E-state index contributed by atoms with van der Waals surface area (Å²) >= 11 is 6.79. The second-order valence-corrected chi connectivity index (χ2v) is 8.38. The van der Waals surface area contributed by atoms with Crippen LogP contribution in [0.15, 0.2) is 40.6 Å². The molecule has 20 heavy (non-hydrogen) atoms. The van der Waals surface area contributed by atoms with E-state index in [1.54, 1.807) is 18.2 Å². The molecule has 0 radical (unpaired) electrons. The van der Waals surface area contributed by atoms with E-state index in [-0.39, 0.29) is 10.0 Å². The lowest BCUT2D eigenvalue weighted by molar-refractivity contribution is 0.553. The van der Waals surface area contributed by atoms with Gasteiger partial charge in [0.1, 0.15) is 10.0 Å². The Bertz CT molecular complexity index is 736. The third-order valence-electron chi connectivity index (χ3n) is 3.29. The lowest BCUT2D eigenvalue weighted by atomic mass is 10.1. The standard InChI is InChI=1S/C13H11ClFNO2S2/c14-11-5-6-12(19-11)20(17,18)16-13(7-8-13)9-1-3-10(15)4-2-9/h1-6,16H,7-8H2. The van der Waals surface area contributed by atoms with E-state index in [1.807, 2.05) is 0 Å². The number of halogens is 2. The van der Waals surface area contributed by atoms with E-state index in [1.165, 1.54) is 18.2 Å². The highest BCUT2D eigenvalue weighted by Crippen LogP contribution is 2.46. The van der Waals surface area contributed by atoms with Gasteiger partial charge in [-0.15, -0.1) is 11.3 Å². The molecule has 7 heteroatoms. The van der Waals surface area contributed by atoms with Gasteiger partial charge in [0, 0.05) is 0 Å². The summed E-state index contributed by atoms with van der Waals surface area (Å²) < 4.78 is 40.9. The number of nitrogens with one attached hydrogen (secondary N) is 1. The van der Waals surface area contributed by atoms with Crippen LogP contribution >= 0.6 is 22.9 Å². The van der Waals surface area contributed by atoms with Crippen LogP contribution in [0.5, 0.6) is 0 Å². The second kappa shape index (κ2) is 4.80. The fourth-order valence-corrected chi connectivity index (χ4v) is 5.02. The molecule has 0 bridgehead atoms. The van der Waals surface area contributed by atoms with Crippen LogP contribution in [-0.4, -0.2) is 8.42 Å². The van der Waals surface area contributed by atoms with E-state index >= 15 is 0 Å². The van der Waals surface area contributed by atoms with E-state index in [9.17, 15) is 12.8 Å². The summed E-state index contributed by atoms with van der Waals surface area (Å²) in [5, 5.41) is 0. The van der Waals surface area contributed by atoms with Gasteiger partial charge in [-0.2, -0.15) is 4.72 Å². The Hall–Kier alpha value is -0.950. The lowest BCUT2D eigenvalue weighted by Crippen LogP contribution is -2.34. The van der Waals surface area contributed by atoms with E-state index in [0.717, 1.165) is 16.9 Å². The van der Waals surface area contributed by atoms with Crippen LogP contribution in [0.1, 0.15) is 18.4 Å². The number of sulfonamides is 1. The van der Waals surface area contributed by atoms with Gasteiger partial charge >= 0.3 is 0 Å². The third kappa shape index (κ3) is 2.61. The van der Waals surface area contributed by atoms with Crippen molar-refractivity contribution in [2.45, 2.75) is 22.6 Å². The van der Waals surface area contributed by atoms with Crippen LogP contribution in [0.4, 0.5) is 4.39 Å². The molecule has 3 rings (SSSR count). The molecule has 1 N–H and O–H groups in total. The summed E-state index contributed by atoms with van der Waals surface area (Å²) in [4.78, 5) is 0. The molecule has 0 spiro atoms. The van der Waals surface area contributed by atoms with Gasteiger partial charge in [-0.05, 0) is 42.7 Å². The van der Waals surface area contributed by atoms with Crippen molar-refractivity contribution < 1.29 is 12.8 Å². The van der Waals surface area contributed by atoms with Crippen molar-refractivity contribution in [1.82, 2.24) is 4.72 Å². The van der Waals surface area contributed by atoms with Gasteiger partial charge in [0.2, 0.25) is 0 Å². The van der Waals surface area contributed by atoms with Gasteiger partial charge in [-0.1, -0.05) is 23.7 Å². The van der Waals surface area contributed by atoms with Crippen molar-refractivity contribution in [2.75, 3.05) is 0 Å². The first kappa shape index (κ1) is 14.0. The molecule has 1 heterocycles. The Morgan fingerprint density at radius 2 is 1.80 bits per heavy atom. The minimum atomic E-state index is -3.60. The molecule has 0 unspecified atom stereocenters. The Morgan fingerprint density at radius 3 is 2.30 bits per heavy atom. The summed E-state index contributed by atoms with van der Waals surface area (Å²) in [5.74, 6) is -0.336. The normalized spacial score (nSPS) is 17.1. The van der Waals surface area contributed by atoms with Crippen molar-refractivity contribution in [1.29, 1.82) is 0 Å². The summed E-state index contributed by atoms with van der Waals surface area (Å²) in [6, 6.07) is 8.95. The minimum absolute atomic E-state index is 0.191. The largest absolute Gasteiger partial charge is 0.250 e. The number of thiophene rings is 1. The zero-order valence-corrected chi connectivity index (χ0v) is 12.7. The zero-order chi connectivity index (χ0) is 14.4. The number of rotatable bonds is 4. The van der Waals surface area contributed by atoms with Crippen molar-refractivity contribution >= 4 is 33.0 Å². The molecule has 106 valence electrons. The molecule has 2 aromatic rings. The van der Waals surface area contributed by atoms with E-state index < -0.39 is 15.6 Å². The molecule has 1 fully saturated rings. The molecule has 1 aromatic carbocycles. The van der Waals surface area contributed by atoms with Crippen LogP contribution in [0.3, 0.4) is 0 Å². The highest BCUT2D eigenvalue weighted by Gasteiger charge is 2.47. The molecule has 0 amide bonds. The highest BCUT2D eigenvalue weighted by molar-refractivity contribution is 7.91. The molecule has 3 nitrogen and oxygen atoms in total. The molecular formula is C13H11ClFNO2S2. The van der Waals surface area contributed by atoms with Crippen LogP contribution in [-0.2, 0) is 15.6 Å². The predicted molar refractivity (Wildman–Crippen MR) is 77.0 cm³/mol. The Morgan fingerprint density at radius 1 is 1.15 bits per heavy atom. The Labute approximate surface area is 125 Å². The van der Waals surface area contributed by atoms with Gasteiger partial charge < -0.3 is 0 Å². The van der Waals surface area contributed by atoms with Crippen LogP contribution in [0, 0.1) is 5.82 Å². The summed E-state index contributed by atoms with van der Waals surface area (Å²) in [6.07, 6.45) is 1.41.